The van der Waals surface area contributed by atoms with Gasteiger partial charge in [0.25, 0.3) is 5.91 Å². The van der Waals surface area contributed by atoms with Crippen molar-refractivity contribution in [2.45, 2.75) is 44.6 Å². The Labute approximate surface area is 166 Å². The summed E-state index contributed by atoms with van der Waals surface area (Å²) in [5.41, 5.74) is 1.53. The molecule has 0 saturated carbocycles. The molecule has 1 N–H and O–H groups in total. The molecule has 150 valence electrons. The number of rotatable bonds is 6. The number of nitrogens with zero attached hydrogens (tertiary/aromatic N) is 1. The molecule has 0 aromatic heterocycles. The Morgan fingerprint density at radius 1 is 1.11 bits per heavy atom. The maximum absolute atomic E-state index is 12.9. The molecule has 0 bridgehead atoms. The van der Waals surface area contributed by atoms with E-state index in [9.17, 15) is 13.2 Å². The highest BCUT2D eigenvalue weighted by Crippen LogP contribution is 2.25. The Bertz CT molecular complexity index is 964. The number of carbonyl (C=O) groups is 1. The second kappa shape index (κ2) is 8.32. The van der Waals surface area contributed by atoms with E-state index in [1.54, 1.807) is 37.3 Å². The fraction of sp³-hybridized carbons (Fsp3) is 0.381. The third-order valence-corrected chi connectivity index (χ3v) is 6.64. The third-order valence-electron chi connectivity index (χ3n) is 4.60. The van der Waals surface area contributed by atoms with Gasteiger partial charge in [-0.2, -0.15) is 4.31 Å². The quantitative estimate of drug-likeness (QED) is 0.797. The monoisotopic (exact) mass is 402 g/mol. The van der Waals surface area contributed by atoms with Crippen LogP contribution < -0.4 is 10.1 Å². The van der Waals surface area contributed by atoms with Crippen LogP contribution in [0.15, 0.2) is 47.4 Å². The third kappa shape index (κ3) is 4.54. The molecule has 7 heteroatoms. The smallest absolute Gasteiger partial charge is 0.255 e. The van der Waals surface area contributed by atoms with E-state index in [2.05, 4.69) is 5.32 Å². The molecule has 1 fully saturated rings. The Kier molecular flexibility index (Phi) is 6.05. The van der Waals surface area contributed by atoms with Crippen molar-refractivity contribution in [3.05, 3.63) is 53.6 Å². The Balaban J connectivity index is 1.83. The summed E-state index contributed by atoms with van der Waals surface area (Å²) in [7, 11) is -3.59. The molecule has 0 unspecified atom stereocenters. The van der Waals surface area contributed by atoms with Crippen LogP contribution >= 0.6 is 0 Å². The second-order valence-corrected chi connectivity index (χ2v) is 9.15. The van der Waals surface area contributed by atoms with Crippen molar-refractivity contribution in [2.75, 3.05) is 18.4 Å². The molecular formula is C21H26N2O4S. The van der Waals surface area contributed by atoms with Gasteiger partial charge in [-0.05, 0) is 63.4 Å². The lowest BCUT2D eigenvalue weighted by Crippen LogP contribution is -2.28. The van der Waals surface area contributed by atoms with Crippen LogP contribution in [0.2, 0.25) is 0 Å². The van der Waals surface area contributed by atoms with Crippen LogP contribution in [0.4, 0.5) is 5.69 Å². The van der Waals surface area contributed by atoms with Gasteiger partial charge >= 0.3 is 0 Å². The van der Waals surface area contributed by atoms with Gasteiger partial charge in [0.15, 0.2) is 0 Å². The van der Waals surface area contributed by atoms with Crippen LogP contribution in [0.5, 0.6) is 5.75 Å². The van der Waals surface area contributed by atoms with Gasteiger partial charge in [0.2, 0.25) is 10.0 Å². The first kappa shape index (κ1) is 20.4. The van der Waals surface area contributed by atoms with Gasteiger partial charge in [-0.25, -0.2) is 8.42 Å². The maximum Gasteiger partial charge on any atom is 0.255 e. The number of amides is 1. The molecule has 0 atom stereocenters. The Morgan fingerprint density at radius 2 is 1.82 bits per heavy atom. The van der Waals surface area contributed by atoms with Gasteiger partial charge in [0.1, 0.15) is 5.75 Å². The zero-order chi connectivity index (χ0) is 20.3. The number of anilines is 1. The second-order valence-electron chi connectivity index (χ2n) is 7.24. The molecule has 28 heavy (non-hydrogen) atoms. The van der Waals surface area contributed by atoms with Gasteiger partial charge in [0, 0.05) is 30.4 Å². The Morgan fingerprint density at radius 3 is 2.50 bits per heavy atom. The fourth-order valence-electron chi connectivity index (χ4n) is 3.21. The number of benzene rings is 2. The molecule has 1 aliphatic rings. The molecule has 0 aliphatic carbocycles. The van der Waals surface area contributed by atoms with Crippen molar-refractivity contribution in [1.29, 1.82) is 0 Å². The number of ether oxygens (including phenoxy) is 1. The van der Waals surface area contributed by atoms with E-state index in [0.717, 1.165) is 12.8 Å². The van der Waals surface area contributed by atoms with Crippen LogP contribution in [-0.2, 0) is 10.0 Å². The summed E-state index contributed by atoms with van der Waals surface area (Å²) in [5.74, 6) is 0.300. The van der Waals surface area contributed by atoms with Gasteiger partial charge in [-0.1, -0.05) is 12.1 Å². The fourth-order valence-corrected chi connectivity index (χ4v) is 4.98. The van der Waals surface area contributed by atoms with Crippen molar-refractivity contribution < 1.29 is 17.9 Å². The predicted molar refractivity (Wildman–Crippen MR) is 109 cm³/mol. The zero-order valence-corrected chi connectivity index (χ0v) is 17.3. The van der Waals surface area contributed by atoms with Crippen LogP contribution in [0.25, 0.3) is 0 Å². The molecule has 1 saturated heterocycles. The molecule has 2 aromatic carbocycles. The molecule has 1 amide bonds. The number of nitrogens with one attached hydrogen (secondary N) is 1. The highest BCUT2D eigenvalue weighted by atomic mass is 32.2. The largest absolute Gasteiger partial charge is 0.491 e. The molecule has 1 aliphatic heterocycles. The predicted octanol–water partition coefficient (Wildman–Crippen LogP) is 3.82. The van der Waals surface area contributed by atoms with Crippen molar-refractivity contribution in [3.8, 4) is 5.75 Å². The number of hydrogen-bond acceptors (Lipinski definition) is 4. The number of hydrogen-bond donors (Lipinski definition) is 1. The normalized spacial score (nSPS) is 15.0. The minimum atomic E-state index is -3.59. The highest BCUT2D eigenvalue weighted by molar-refractivity contribution is 7.89. The van der Waals surface area contributed by atoms with Crippen molar-refractivity contribution in [3.63, 3.8) is 0 Å². The van der Waals surface area contributed by atoms with Gasteiger partial charge < -0.3 is 10.1 Å². The molecule has 1 heterocycles. The van der Waals surface area contributed by atoms with E-state index in [0.29, 0.717) is 35.7 Å². The van der Waals surface area contributed by atoms with Gasteiger partial charge in [-0.15, -0.1) is 0 Å². The summed E-state index contributed by atoms with van der Waals surface area (Å²) in [6, 6.07) is 11.9. The van der Waals surface area contributed by atoms with E-state index >= 15 is 0 Å². The minimum Gasteiger partial charge on any atom is -0.491 e. The highest BCUT2D eigenvalue weighted by Gasteiger charge is 2.29. The molecule has 0 radical (unpaired) electrons. The SMILES string of the molecule is Cc1ccc(C(=O)Nc2cccc(OC(C)C)c2)cc1S(=O)(=O)N1CCCC1. The van der Waals surface area contributed by atoms with E-state index in [1.807, 2.05) is 19.9 Å². The summed E-state index contributed by atoms with van der Waals surface area (Å²) in [6.45, 7) is 6.67. The average Bonchev–Trinajstić information content (AvgIpc) is 3.17. The van der Waals surface area contributed by atoms with Crippen LogP contribution in [-0.4, -0.2) is 37.8 Å². The average molecular weight is 403 g/mol. The van der Waals surface area contributed by atoms with Gasteiger partial charge in [0.05, 0.1) is 11.0 Å². The molecule has 6 nitrogen and oxygen atoms in total. The van der Waals surface area contributed by atoms with E-state index in [4.69, 9.17) is 4.74 Å². The molecule has 0 spiro atoms. The van der Waals surface area contributed by atoms with E-state index in [-0.39, 0.29) is 16.9 Å². The van der Waals surface area contributed by atoms with Crippen molar-refractivity contribution in [2.24, 2.45) is 0 Å². The zero-order valence-electron chi connectivity index (χ0n) is 16.4. The van der Waals surface area contributed by atoms with Crippen molar-refractivity contribution >= 4 is 21.6 Å². The van der Waals surface area contributed by atoms with Gasteiger partial charge in [-0.3, -0.25) is 4.79 Å². The summed E-state index contributed by atoms with van der Waals surface area (Å²) in [5, 5.41) is 2.81. The number of aryl methyl sites for hydroxylation is 1. The molecular weight excluding hydrogens is 376 g/mol. The molecule has 3 rings (SSSR count). The first-order chi connectivity index (χ1) is 13.3. The first-order valence-corrected chi connectivity index (χ1v) is 10.9. The summed E-state index contributed by atoms with van der Waals surface area (Å²) >= 11 is 0. The molecule has 2 aromatic rings. The lowest BCUT2D eigenvalue weighted by molar-refractivity contribution is 0.102. The Hall–Kier alpha value is -2.38. The van der Waals surface area contributed by atoms with Crippen LogP contribution in [0, 0.1) is 6.92 Å². The lowest BCUT2D eigenvalue weighted by atomic mass is 10.1. The lowest BCUT2D eigenvalue weighted by Gasteiger charge is -2.18. The van der Waals surface area contributed by atoms with E-state index in [1.165, 1.54) is 10.4 Å². The summed E-state index contributed by atoms with van der Waals surface area (Å²) in [4.78, 5) is 12.9. The first-order valence-electron chi connectivity index (χ1n) is 9.46. The maximum atomic E-state index is 12.9. The minimum absolute atomic E-state index is 0.0291. The standard InChI is InChI=1S/C21H26N2O4S/c1-15(2)27-19-8-6-7-18(14-19)22-21(24)17-10-9-16(3)20(13-17)28(25,26)23-11-4-5-12-23/h6-10,13-15H,4-5,11-12H2,1-3H3,(H,22,24). The van der Waals surface area contributed by atoms with E-state index < -0.39 is 10.0 Å². The summed E-state index contributed by atoms with van der Waals surface area (Å²) < 4.78 is 33.0. The number of sulfonamides is 1. The van der Waals surface area contributed by atoms with Crippen LogP contribution in [0.1, 0.15) is 42.6 Å². The van der Waals surface area contributed by atoms with Crippen molar-refractivity contribution in [1.82, 2.24) is 4.31 Å². The summed E-state index contributed by atoms with van der Waals surface area (Å²) in [6.07, 6.45) is 1.77. The number of carbonyl (C=O) groups excluding carboxylic acids is 1. The topological polar surface area (TPSA) is 75.7 Å². The van der Waals surface area contributed by atoms with Crippen LogP contribution in [0.3, 0.4) is 0 Å².